The van der Waals surface area contributed by atoms with Crippen LogP contribution >= 0.6 is 0 Å². The fourth-order valence-corrected chi connectivity index (χ4v) is 5.19. The van der Waals surface area contributed by atoms with E-state index in [2.05, 4.69) is 5.32 Å². The van der Waals surface area contributed by atoms with Crippen molar-refractivity contribution in [3.8, 4) is 0 Å². The Kier molecular flexibility index (Phi) is 7.04. The summed E-state index contributed by atoms with van der Waals surface area (Å²) in [6.07, 6.45) is 6.80. The molecule has 1 atom stereocenters. The Morgan fingerprint density at radius 3 is 2.63 bits per heavy atom. The third-order valence-corrected chi connectivity index (χ3v) is 6.95. The zero-order chi connectivity index (χ0) is 19.1. The lowest BCUT2D eigenvalue weighted by Crippen LogP contribution is -2.20. The van der Waals surface area contributed by atoms with Crippen LogP contribution in [0.4, 0.5) is 11.4 Å². The van der Waals surface area contributed by atoms with E-state index in [4.69, 9.17) is 5.73 Å². The number of rotatable bonds is 7. The van der Waals surface area contributed by atoms with Crippen molar-refractivity contribution >= 4 is 28.1 Å². The van der Waals surface area contributed by atoms with Crippen LogP contribution in [0.1, 0.15) is 49.7 Å². The van der Waals surface area contributed by atoms with Gasteiger partial charge < -0.3 is 11.1 Å². The van der Waals surface area contributed by atoms with Crippen LogP contribution in [0, 0.1) is 0 Å². The summed E-state index contributed by atoms with van der Waals surface area (Å²) >= 11 is 0. The molecule has 1 aliphatic rings. The lowest BCUT2D eigenvalue weighted by Gasteiger charge is -2.21. The van der Waals surface area contributed by atoms with E-state index >= 15 is 0 Å². The maximum absolute atomic E-state index is 12.6. The summed E-state index contributed by atoms with van der Waals surface area (Å²) < 4.78 is 12.6. The molecule has 0 aliphatic heterocycles. The lowest BCUT2D eigenvalue weighted by molar-refractivity contribution is -0.116. The van der Waals surface area contributed by atoms with Gasteiger partial charge in [-0.2, -0.15) is 0 Å². The summed E-state index contributed by atoms with van der Waals surface area (Å²) in [7, 11) is -0.836. The summed E-state index contributed by atoms with van der Waals surface area (Å²) in [6, 6.07) is 15.3. The minimum absolute atomic E-state index is 0.0381. The predicted molar refractivity (Wildman–Crippen MR) is 113 cm³/mol. The van der Waals surface area contributed by atoms with Gasteiger partial charge in [0.15, 0.2) is 0 Å². The van der Waals surface area contributed by atoms with Crippen LogP contribution in [0.25, 0.3) is 0 Å². The number of carbonyl (C=O) groups is 1. The monoisotopic (exact) mass is 384 g/mol. The van der Waals surface area contributed by atoms with Crippen molar-refractivity contribution in [1.82, 2.24) is 0 Å². The molecule has 1 unspecified atom stereocenters. The molecule has 4 nitrogen and oxygen atoms in total. The fraction of sp³-hybridized carbons (Fsp3) is 0.409. The molecule has 1 fully saturated rings. The molecule has 1 saturated carbocycles. The molecule has 0 aromatic heterocycles. The largest absolute Gasteiger partial charge is 0.399 e. The number of carbonyl (C=O) groups excluding carboxylic acids is 1. The second-order valence-corrected chi connectivity index (χ2v) is 8.95. The standard InChI is InChI=1S/C22H28N2O2S/c23-21-12-5-4-8-18(21)13-14-22(25)24-19-9-6-7-17(15-19)16-27(26)20-10-2-1-3-11-20/h4-9,12,15,20H,1-3,10-11,13-14,16,23H2,(H,24,25). The molecular formula is C22H28N2O2S. The maximum Gasteiger partial charge on any atom is 0.224 e. The number of hydrogen-bond acceptors (Lipinski definition) is 3. The summed E-state index contributed by atoms with van der Waals surface area (Å²) in [5, 5.41) is 3.27. The van der Waals surface area contributed by atoms with Gasteiger partial charge in [0.1, 0.15) is 0 Å². The van der Waals surface area contributed by atoms with Gasteiger partial charge in [-0.15, -0.1) is 0 Å². The molecule has 2 aromatic carbocycles. The molecule has 144 valence electrons. The summed E-state index contributed by atoms with van der Waals surface area (Å²) in [5.41, 5.74) is 9.42. The molecule has 5 heteroatoms. The number of amides is 1. The number of nitrogen functional groups attached to an aromatic ring is 1. The molecule has 1 amide bonds. The highest BCUT2D eigenvalue weighted by Crippen LogP contribution is 2.24. The zero-order valence-electron chi connectivity index (χ0n) is 15.7. The van der Waals surface area contributed by atoms with Crippen LogP contribution < -0.4 is 11.1 Å². The zero-order valence-corrected chi connectivity index (χ0v) is 16.5. The quantitative estimate of drug-likeness (QED) is 0.694. The van der Waals surface area contributed by atoms with Gasteiger partial charge in [0.2, 0.25) is 5.91 Å². The molecule has 0 spiro atoms. The van der Waals surface area contributed by atoms with Gasteiger partial charge in [-0.3, -0.25) is 9.00 Å². The Labute approximate surface area is 164 Å². The van der Waals surface area contributed by atoms with Crippen LogP contribution in [-0.2, 0) is 27.8 Å². The first-order valence-corrected chi connectivity index (χ1v) is 11.1. The highest BCUT2D eigenvalue weighted by atomic mass is 32.2. The highest BCUT2D eigenvalue weighted by molar-refractivity contribution is 7.84. The smallest absolute Gasteiger partial charge is 0.224 e. The van der Waals surface area contributed by atoms with Crippen molar-refractivity contribution in [2.45, 2.75) is 55.9 Å². The Morgan fingerprint density at radius 1 is 1.07 bits per heavy atom. The molecule has 3 rings (SSSR count). The minimum Gasteiger partial charge on any atom is -0.399 e. The van der Waals surface area contributed by atoms with Crippen molar-refractivity contribution in [2.75, 3.05) is 11.1 Å². The molecule has 3 N–H and O–H groups in total. The van der Waals surface area contributed by atoms with E-state index < -0.39 is 10.8 Å². The molecule has 0 radical (unpaired) electrons. The van der Waals surface area contributed by atoms with Crippen molar-refractivity contribution in [1.29, 1.82) is 0 Å². The minimum atomic E-state index is -0.836. The van der Waals surface area contributed by atoms with Gasteiger partial charge in [0, 0.05) is 39.6 Å². The number of anilines is 2. The number of hydrogen-bond donors (Lipinski definition) is 2. The van der Waals surface area contributed by atoms with Gasteiger partial charge in [-0.05, 0) is 48.6 Å². The number of benzene rings is 2. The van der Waals surface area contributed by atoms with E-state index in [1.54, 1.807) is 0 Å². The van der Waals surface area contributed by atoms with Crippen LogP contribution in [0.15, 0.2) is 48.5 Å². The van der Waals surface area contributed by atoms with Crippen molar-refractivity contribution in [3.05, 3.63) is 59.7 Å². The molecular weight excluding hydrogens is 356 g/mol. The van der Waals surface area contributed by atoms with E-state index in [9.17, 15) is 9.00 Å². The highest BCUT2D eigenvalue weighted by Gasteiger charge is 2.19. The first kappa shape index (κ1) is 19.6. The van der Waals surface area contributed by atoms with Crippen LogP contribution in [0.3, 0.4) is 0 Å². The Hall–Kier alpha value is -2.14. The number of nitrogens with one attached hydrogen (secondary N) is 1. The first-order valence-electron chi connectivity index (χ1n) is 9.71. The maximum atomic E-state index is 12.6. The molecule has 1 aliphatic carbocycles. The Morgan fingerprint density at radius 2 is 1.85 bits per heavy atom. The topological polar surface area (TPSA) is 72.2 Å². The van der Waals surface area contributed by atoms with Crippen LogP contribution in [-0.4, -0.2) is 15.4 Å². The number of aryl methyl sites for hydroxylation is 1. The van der Waals surface area contributed by atoms with E-state index in [0.29, 0.717) is 23.8 Å². The third-order valence-electron chi connectivity index (χ3n) is 5.12. The molecule has 2 aromatic rings. The molecule has 27 heavy (non-hydrogen) atoms. The summed E-state index contributed by atoms with van der Waals surface area (Å²) in [6.45, 7) is 0. The Balaban J connectivity index is 1.53. The lowest BCUT2D eigenvalue weighted by atomic mass is 10.0. The second-order valence-electron chi connectivity index (χ2n) is 7.23. The van der Waals surface area contributed by atoms with E-state index in [1.807, 2.05) is 48.5 Å². The van der Waals surface area contributed by atoms with E-state index in [-0.39, 0.29) is 5.91 Å². The number of para-hydroxylation sites is 1. The average Bonchev–Trinajstić information content (AvgIpc) is 2.68. The van der Waals surface area contributed by atoms with Crippen molar-refractivity contribution in [3.63, 3.8) is 0 Å². The Bertz CT molecular complexity index is 800. The van der Waals surface area contributed by atoms with Gasteiger partial charge in [-0.25, -0.2) is 0 Å². The second kappa shape index (κ2) is 9.70. The average molecular weight is 385 g/mol. The van der Waals surface area contributed by atoms with E-state index in [0.717, 1.165) is 35.3 Å². The van der Waals surface area contributed by atoms with Gasteiger partial charge >= 0.3 is 0 Å². The third kappa shape index (κ3) is 5.93. The van der Waals surface area contributed by atoms with Crippen LogP contribution in [0.5, 0.6) is 0 Å². The fourth-order valence-electron chi connectivity index (χ4n) is 3.58. The molecule has 0 saturated heterocycles. The van der Waals surface area contributed by atoms with Gasteiger partial charge in [0.05, 0.1) is 0 Å². The molecule has 0 heterocycles. The number of nitrogens with two attached hydrogens (primary N) is 1. The van der Waals surface area contributed by atoms with Gasteiger partial charge in [0.25, 0.3) is 0 Å². The summed E-state index contributed by atoms with van der Waals surface area (Å²) in [5.74, 6) is 0.526. The normalized spacial score (nSPS) is 16.0. The van der Waals surface area contributed by atoms with E-state index in [1.165, 1.54) is 19.3 Å². The SMILES string of the molecule is Nc1ccccc1CCC(=O)Nc1cccc(CS(=O)C2CCCCC2)c1. The summed E-state index contributed by atoms with van der Waals surface area (Å²) in [4.78, 5) is 12.3. The first-order chi connectivity index (χ1) is 13.1. The predicted octanol–water partition coefficient (Wildman–Crippen LogP) is 4.42. The van der Waals surface area contributed by atoms with Crippen molar-refractivity contribution in [2.24, 2.45) is 0 Å². The van der Waals surface area contributed by atoms with Gasteiger partial charge in [-0.1, -0.05) is 49.6 Å². The molecule has 0 bridgehead atoms. The van der Waals surface area contributed by atoms with Crippen LogP contribution in [0.2, 0.25) is 0 Å². The van der Waals surface area contributed by atoms with Crippen molar-refractivity contribution < 1.29 is 9.00 Å².